The van der Waals surface area contributed by atoms with E-state index in [0.717, 1.165) is 35.6 Å². The fraction of sp³-hybridized carbons (Fsp3) is 0.385. The van der Waals surface area contributed by atoms with Gasteiger partial charge in [0.2, 0.25) is 0 Å². The van der Waals surface area contributed by atoms with Crippen LogP contribution in [-0.2, 0) is 4.74 Å². The fourth-order valence-electron chi connectivity index (χ4n) is 2.15. The van der Waals surface area contributed by atoms with Gasteiger partial charge in [0.1, 0.15) is 0 Å². The molecule has 1 aliphatic heterocycles. The molecule has 0 saturated carbocycles. The van der Waals surface area contributed by atoms with Gasteiger partial charge in [-0.15, -0.1) is 0 Å². The minimum Gasteiger partial charge on any atom is -0.501 e. The highest BCUT2D eigenvalue weighted by Gasteiger charge is 2.18. The summed E-state index contributed by atoms with van der Waals surface area (Å²) < 4.78 is 5.36. The fourth-order valence-corrected chi connectivity index (χ4v) is 2.44. The number of rotatable bonds is 3. The van der Waals surface area contributed by atoms with Gasteiger partial charge in [0.15, 0.2) is 0 Å². The Bertz CT molecular complexity index is 411. The van der Waals surface area contributed by atoms with Crippen LogP contribution in [0.3, 0.4) is 0 Å². The SMILES string of the molecule is Cc1cc(Cl)cc(C(NN)C2=COCCC2)c1. The highest BCUT2D eigenvalue weighted by atomic mass is 35.5. The third kappa shape index (κ3) is 3.00. The van der Waals surface area contributed by atoms with E-state index in [1.165, 1.54) is 5.57 Å². The molecule has 1 aromatic carbocycles. The van der Waals surface area contributed by atoms with E-state index in [4.69, 9.17) is 22.2 Å². The van der Waals surface area contributed by atoms with Crippen molar-refractivity contribution in [3.8, 4) is 0 Å². The van der Waals surface area contributed by atoms with E-state index in [0.29, 0.717) is 0 Å². The molecule has 3 N–H and O–H groups in total. The smallest absolute Gasteiger partial charge is 0.0876 e. The molecule has 0 amide bonds. The maximum absolute atomic E-state index is 6.07. The average molecular weight is 253 g/mol. The quantitative estimate of drug-likeness (QED) is 0.642. The molecule has 1 atom stereocenters. The van der Waals surface area contributed by atoms with E-state index >= 15 is 0 Å². The zero-order valence-corrected chi connectivity index (χ0v) is 10.6. The average Bonchev–Trinajstić information content (AvgIpc) is 2.30. The lowest BCUT2D eigenvalue weighted by Gasteiger charge is -2.23. The summed E-state index contributed by atoms with van der Waals surface area (Å²) >= 11 is 6.07. The number of hydrogen-bond acceptors (Lipinski definition) is 3. The minimum atomic E-state index is -0.0206. The Morgan fingerprint density at radius 2 is 2.24 bits per heavy atom. The summed E-state index contributed by atoms with van der Waals surface area (Å²) in [6.07, 6.45) is 3.84. The maximum atomic E-state index is 6.07. The lowest BCUT2D eigenvalue weighted by Crippen LogP contribution is -2.30. The largest absolute Gasteiger partial charge is 0.501 e. The second-order valence-corrected chi connectivity index (χ2v) is 4.77. The van der Waals surface area contributed by atoms with Gasteiger partial charge >= 0.3 is 0 Å². The van der Waals surface area contributed by atoms with Gasteiger partial charge in [-0.25, -0.2) is 5.43 Å². The van der Waals surface area contributed by atoms with Crippen molar-refractivity contribution in [2.24, 2.45) is 5.84 Å². The molecule has 1 unspecified atom stereocenters. The molecule has 1 heterocycles. The van der Waals surface area contributed by atoms with Crippen molar-refractivity contribution in [3.63, 3.8) is 0 Å². The first kappa shape index (κ1) is 12.4. The van der Waals surface area contributed by atoms with Crippen LogP contribution in [0.15, 0.2) is 30.0 Å². The van der Waals surface area contributed by atoms with Gasteiger partial charge in [0.05, 0.1) is 18.9 Å². The first-order valence-electron chi connectivity index (χ1n) is 5.74. The van der Waals surface area contributed by atoms with Crippen molar-refractivity contribution < 1.29 is 4.74 Å². The van der Waals surface area contributed by atoms with E-state index in [2.05, 4.69) is 11.5 Å². The van der Waals surface area contributed by atoms with Gasteiger partial charge in [-0.2, -0.15) is 0 Å². The van der Waals surface area contributed by atoms with Gasteiger partial charge in [-0.3, -0.25) is 5.84 Å². The van der Waals surface area contributed by atoms with Gasteiger partial charge < -0.3 is 4.74 Å². The van der Waals surface area contributed by atoms with Gasteiger partial charge in [0, 0.05) is 5.02 Å². The summed E-state index contributed by atoms with van der Waals surface area (Å²) in [5.41, 5.74) is 6.21. The van der Waals surface area contributed by atoms with Crippen LogP contribution in [-0.4, -0.2) is 6.61 Å². The van der Waals surface area contributed by atoms with Crippen LogP contribution in [0.4, 0.5) is 0 Å². The lowest BCUT2D eigenvalue weighted by atomic mass is 9.95. The zero-order chi connectivity index (χ0) is 12.3. The number of benzene rings is 1. The molecule has 0 aliphatic carbocycles. The molecular formula is C13H17ClN2O. The molecule has 0 spiro atoms. The third-order valence-corrected chi connectivity index (χ3v) is 3.12. The van der Waals surface area contributed by atoms with Crippen LogP contribution in [0.1, 0.15) is 30.0 Å². The Morgan fingerprint density at radius 3 is 2.82 bits per heavy atom. The molecule has 4 heteroatoms. The third-order valence-electron chi connectivity index (χ3n) is 2.90. The Kier molecular flexibility index (Phi) is 4.05. The zero-order valence-electron chi connectivity index (χ0n) is 9.87. The highest BCUT2D eigenvalue weighted by Crippen LogP contribution is 2.29. The molecule has 0 bridgehead atoms. The Balaban J connectivity index is 2.31. The summed E-state index contributed by atoms with van der Waals surface area (Å²) in [5, 5.41) is 0.734. The number of nitrogens with two attached hydrogens (primary N) is 1. The van der Waals surface area contributed by atoms with Crippen molar-refractivity contribution in [3.05, 3.63) is 46.2 Å². The maximum Gasteiger partial charge on any atom is 0.0876 e. The first-order chi connectivity index (χ1) is 8.20. The van der Waals surface area contributed by atoms with Crippen molar-refractivity contribution in [1.29, 1.82) is 0 Å². The molecule has 0 saturated heterocycles. The second kappa shape index (κ2) is 5.54. The topological polar surface area (TPSA) is 47.3 Å². The van der Waals surface area contributed by atoms with Crippen molar-refractivity contribution >= 4 is 11.6 Å². The van der Waals surface area contributed by atoms with E-state index in [1.54, 1.807) is 0 Å². The van der Waals surface area contributed by atoms with Gasteiger partial charge in [-0.1, -0.05) is 17.7 Å². The number of halogens is 1. The molecule has 3 nitrogen and oxygen atoms in total. The highest BCUT2D eigenvalue weighted by molar-refractivity contribution is 6.30. The normalized spacial score (nSPS) is 17.2. The van der Waals surface area contributed by atoms with Crippen LogP contribution >= 0.6 is 11.6 Å². The van der Waals surface area contributed by atoms with Crippen LogP contribution < -0.4 is 11.3 Å². The number of ether oxygens (including phenoxy) is 1. The Hall–Kier alpha value is -1.03. The monoisotopic (exact) mass is 252 g/mol. The Labute approximate surface area is 107 Å². The van der Waals surface area contributed by atoms with Gasteiger partial charge in [0.25, 0.3) is 0 Å². The Morgan fingerprint density at radius 1 is 1.41 bits per heavy atom. The second-order valence-electron chi connectivity index (χ2n) is 4.33. The number of nitrogens with one attached hydrogen (secondary N) is 1. The van der Waals surface area contributed by atoms with Crippen LogP contribution in [0.2, 0.25) is 5.02 Å². The lowest BCUT2D eigenvalue weighted by molar-refractivity contribution is 0.219. The summed E-state index contributed by atoms with van der Waals surface area (Å²) in [4.78, 5) is 0. The molecule has 0 radical (unpaired) electrons. The summed E-state index contributed by atoms with van der Waals surface area (Å²) in [5.74, 6) is 5.65. The molecular weight excluding hydrogens is 236 g/mol. The summed E-state index contributed by atoms with van der Waals surface area (Å²) in [6.45, 7) is 2.81. The predicted molar refractivity (Wildman–Crippen MR) is 69.5 cm³/mol. The van der Waals surface area contributed by atoms with E-state index in [-0.39, 0.29) is 6.04 Å². The molecule has 17 heavy (non-hydrogen) atoms. The van der Waals surface area contributed by atoms with Crippen molar-refractivity contribution in [2.75, 3.05) is 6.61 Å². The molecule has 1 aliphatic rings. The summed E-state index contributed by atoms with van der Waals surface area (Å²) in [6, 6.07) is 5.94. The van der Waals surface area contributed by atoms with E-state index in [1.807, 2.05) is 25.3 Å². The van der Waals surface area contributed by atoms with E-state index < -0.39 is 0 Å². The molecule has 92 valence electrons. The first-order valence-corrected chi connectivity index (χ1v) is 6.12. The van der Waals surface area contributed by atoms with Crippen molar-refractivity contribution in [1.82, 2.24) is 5.43 Å². The van der Waals surface area contributed by atoms with Crippen LogP contribution in [0.25, 0.3) is 0 Å². The number of hydrogen-bond donors (Lipinski definition) is 2. The molecule has 1 aromatic rings. The number of aryl methyl sites for hydroxylation is 1. The number of hydrazine groups is 1. The van der Waals surface area contributed by atoms with Crippen LogP contribution in [0.5, 0.6) is 0 Å². The minimum absolute atomic E-state index is 0.0206. The predicted octanol–water partition coefficient (Wildman–Crippen LogP) is 2.85. The molecule has 0 aromatic heterocycles. The van der Waals surface area contributed by atoms with Crippen LogP contribution in [0, 0.1) is 6.92 Å². The standard InChI is InChI=1S/C13H17ClN2O/c1-9-5-11(7-12(14)6-9)13(16-15)10-3-2-4-17-8-10/h5-8,13,16H,2-4,15H2,1H3. The summed E-state index contributed by atoms with van der Waals surface area (Å²) in [7, 11) is 0. The van der Waals surface area contributed by atoms with E-state index in [9.17, 15) is 0 Å². The molecule has 0 fully saturated rings. The van der Waals surface area contributed by atoms with Crippen molar-refractivity contribution in [2.45, 2.75) is 25.8 Å². The van der Waals surface area contributed by atoms with Gasteiger partial charge in [-0.05, 0) is 48.6 Å². The molecule has 2 rings (SSSR count).